The lowest BCUT2D eigenvalue weighted by Gasteiger charge is -2.30. The number of nitrogens with zero attached hydrogens (tertiary/aromatic N) is 3. The number of hydrogen-bond acceptors (Lipinski definition) is 17. The Bertz CT molecular complexity index is 2040. The number of halogens is 1. The van der Waals surface area contributed by atoms with Gasteiger partial charge in [-0.3, -0.25) is 43.3 Å². The van der Waals surface area contributed by atoms with Gasteiger partial charge in [-0.1, -0.05) is 12.5 Å². The smallest absolute Gasteiger partial charge is 0.352 e. The molecule has 1 aliphatic heterocycles. The van der Waals surface area contributed by atoms with Gasteiger partial charge < -0.3 is 97.5 Å². The Hall–Kier alpha value is -6.86. The van der Waals surface area contributed by atoms with Crippen LogP contribution in [0, 0.1) is 0 Å². The monoisotopic (exact) mass is 1040 g/mol. The molecule has 9 atom stereocenters. The molecular formula is C43H75FN18O11. The summed E-state index contributed by atoms with van der Waals surface area (Å²) in [4.78, 5) is 131. The van der Waals surface area contributed by atoms with Crippen molar-refractivity contribution in [2.24, 2.45) is 45.1 Å². The molecule has 24 N–H and O–H groups in total. The highest BCUT2D eigenvalue weighted by molar-refractivity contribution is 5.99. The van der Waals surface area contributed by atoms with Crippen LogP contribution in [-0.4, -0.2) is 185 Å². The molecular weight excluding hydrogens is 964 g/mol. The fraction of sp³-hybridized carbons (Fsp3) is 0.651. The van der Waals surface area contributed by atoms with Gasteiger partial charge in [0.2, 0.25) is 47.3 Å². The first-order valence-corrected chi connectivity index (χ1v) is 23.9. The van der Waals surface area contributed by atoms with E-state index in [0.29, 0.717) is 37.9 Å². The van der Waals surface area contributed by atoms with Crippen LogP contribution in [0.15, 0.2) is 29.3 Å². The van der Waals surface area contributed by atoms with E-state index in [-0.39, 0.29) is 64.1 Å². The number of carbonyl (C=O) groups is 9. The molecule has 73 heavy (non-hydrogen) atoms. The fourth-order valence-corrected chi connectivity index (χ4v) is 7.31. The Morgan fingerprint density at radius 1 is 0.836 bits per heavy atom. The molecule has 0 aliphatic carbocycles. The van der Waals surface area contributed by atoms with Crippen LogP contribution in [0.4, 0.5) is 4.39 Å². The number of H-pyrrole nitrogens is 1. The van der Waals surface area contributed by atoms with Gasteiger partial charge in [0.1, 0.15) is 48.1 Å². The number of aliphatic hydroxyl groups is 1. The predicted octanol–water partition coefficient (Wildman–Crippen LogP) is -7.16. The molecule has 0 saturated carbocycles. The quantitative estimate of drug-likeness (QED) is 0.0132. The number of imidazole rings is 1. The average molecular weight is 1040 g/mol. The van der Waals surface area contributed by atoms with Gasteiger partial charge in [0.05, 0.1) is 31.6 Å². The Morgan fingerprint density at radius 3 is 2.10 bits per heavy atom. The molecule has 0 bridgehead atoms. The molecule has 1 saturated heterocycles. The zero-order chi connectivity index (χ0) is 54.6. The first kappa shape index (κ1) is 62.3. The van der Waals surface area contributed by atoms with E-state index >= 15 is 4.39 Å². The van der Waals surface area contributed by atoms with Crippen molar-refractivity contribution in [3.63, 3.8) is 0 Å². The van der Waals surface area contributed by atoms with Gasteiger partial charge in [0.15, 0.2) is 5.96 Å². The van der Waals surface area contributed by atoms with E-state index in [2.05, 4.69) is 52.2 Å². The molecule has 1 aromatic heterocycles. The Balaban J connectivity index is 2.24. The number of unbranched alkanes of at least 4 members (excludes halogenated alkanes) is 2. The minimum absolute atomic E-state index is 0.00169. The van der Waals surface area contributed by atoms with Gasteiger partial charge in [0, 0.05) is 37.8 Å². The molecule has 0 aromatic carbocycles. The number of carbonyl (C=O) groups excluding carboxylic acids is 8. The number of carboxylic acid groups (broad SMARTS) is 1. The number of aromatic amines is 1. The summed E-state index contributed by atoms with van der Waals surface area (Å²) < 4.78 is 15.3. The van der Waals surface area contributed by atoms with E-state index in [4.69, 9.17) is 40.1 Å². The summed E-state index contributed by atoms with van der Waals surface area (Å²) in [6, 6.07) is -9.66. The Kier molecular flexibility index (Phi) is 28.1. The van der Waals surface area contributed by atoms with Crippen molar-refractivity contribution < 1.29 is 57.8 Å². The highest BCUT2D eigenvalue weighted by atomic mass is 19.1. The Labute approximate surface area is 421 Å². The first-order valence-electron chi connectivity index (χ1n) is 23.9. The van der Waals surface area contributed by atoms with E-state index in [1.807, 2.05) is 0 Å². The molecule has 29 nitrogen and oxygen atoms in total. The van der Waals surface area contributed by atoms with Crippen LogP contribution in [0.1, 0.15) is 76.8 Å². The van der Waals surface area contributed by atoms with Crippen LogP contribution < -0.4 is 77.4 Å². The van der Waals surface area contributed by atoms with Crippen LogP contribution in [0.25, 0.3) is 0 Å². The number of aliphatic hydroxyl groups excluding tert-OH is 1. The largest absolute Gasteiger partial charge is 0.477 e. The summed E-state index contributed by atoms with van der Waals surface area (Å²) in [5, 5.41) is 37.0. The van der Waals surface area contributed by atoms with Crippen molar-refractivity contribution in [2.45, 2.75) is 132 Å². The number of amides is 8. The summed E-state index contributed by atoms with van der Waals surface area (Å²) >= 11 is 0. The van der Waals surface area contributed by atoms with Gasteiger partial charge in [-0.15, -0.1) is 0 Å². The number of guanidine groups is 1. The van der Waals surface area contributed by atoms with E-state index in [9.17, 15) is 53.4 Å². The molecule has 2 heterocycles. The number of likely N-dealkylation sites (tertiary alicyclic amines) is 1. The molecule has 410 valence electrons. The number of aromatic nitrogens is 2. The number of rotatable bonds is 34. The third-order valence-electron chi connectivity index (χ3n) is 11.3. The molecule has 0 spiro atoms. The number of aliphatic carboxylic acids is 1. The van der Waals surface area contributed by atoms with Gasteiger partial charge in [-0.05, 0) is 77.9 Å². The summed E-state index contributed by atoms with van der Waals surface area (Å²) in [7, 11) is 0. The maximum Gasteiger partial charge on any atom is 0.352 e. The Morgan fingerprint density at radius 2 is 1.49 bits per heavy atom. The van der Waals surface area contributed by atoms with Crippen LogP contribution in [0.3, 0.4) is 0 Å². The number of alkyl halides is 1. The maximum absolute atomic E-state index is 15.3. The summed E-state index contributed by atoms with van der Waals surface area (Å²) in [5.74, 6) is -8.88. The summed E-state index contributed by atoms with van der Waals surface area (Å²) in [5.41, 5.74) is 38.8. The fourth-order valence-electron chi connectivity index (χ4n) is 7.31. The lowest BCUT2D eigenvalue weighted by molar-refractivity contribution is -0.142. The normalized spacial score (nSPS) is 17.3. The maximum atomic E-state index is 15.3. The predicted molar refractivity (Wildman–Crippen MR) is 262 cm³/mol. The average Bonchev–Trinajstić information content (AvgIpc) is 4.02. The van der Waals surface area contributed by atoms with Crippen LogP contribution in [-0.2, 0) is 49.6 Å². The second-order valence-corrected chi connectivity index (χ2v) is 17.2. The van der Waals surface area contributed by atoms with Crippen molar-refractivity contribution in [2.75, 3.05) is 45.8 Å². The van der Waals surface area contributed by atoms with Gasteiger partial charge >= 0.3 is 5.97 Å². The van der Waals surface area contributed by atoms with Gasteiger partial charge in [-0.25, -0.2) is 14.2 Å². The second kappa shape index (κ2) is 33.0. The van der Waals surface area contributed by atoms with Crippen molar-refractivity contribution in [3.05, 3.63) is 30.0 Å². The SMILES string of the molecule is CC(NC(=O)[C@H](NC(=O)C(N)CCCCN)C(O)CN)C(=O)NCC(=O)N[C@H](CCCN)C(=O)N1C[C@@H](F)C[C@H]1C(=O)NC(Cc1cnc[nH]1)C(=O)N[C@@H](CCCCN)C(=O)N/C(=C\CCN=C(N)N)C(=O)O. The minimum Gasteiger partial charge on any atom is -0.477 e. The van der Waals surface area contributed by atoms with Crippen molar-refractivity contribution in [1.29, 1.82) is 0 Å². The molecule has 1 fully saturated rings. The zero-order valence-electron chi connectivity index (χ0n) is 41.0. The third kappa shape index (κ3) is 22.2. The first-order chi connectivity index (χ1) is 34.7. The lowest BCUT2D eigenvalue weighted by Crippen LogP contribution is -2.60. The minimum atomic E-state index is -1.72. The highest BCUT2D eigenvalue weighted by Crippen LogP contribution is 2.23. The highest BCUT2D eigenvalue weighted by Gasteiger charge is 2.43. The third-order valence-corrected chi connectivity index (χ3v) is 11.3. The molecule has 30 heteroatoms. The number of nitrogens with two attached hydrogens (primary N) is 7. The molecule has 0 radical (unpaired) electrons. The van der Waals surface area contributed by atoms with E-state index in [1.54, 1.807) is 0 Å². The molecule has 1 aromatic rings. The van der Waals surface area contributed by atoms with Crippen LogP contribution in [0.2, 0.25) is 0 Å². The number of nitrogens with one attached hydrogen (secondary N) is 8. The zero-order valence-corrected chi connectivity index (χ0v) is 41.0. The van der Waals surface area contributed by atoms with Crippen LogP contribution in [0.5, 0.6) is 0 Å². The molecule has 8 amide bonds. The molecule has 1 aliphatic rings. The standard InChI is InChI=1S/C43H75FN18O11/c1-23(56-40(70)34(32(63)18-48)61-36(66)26(49)8-2-4-12-45)35(65)54-20-33(64)57-28(10-6-14-47)41(71)62-21-24(44)16-31(62)39(69)60-30(17-25-19-52-22-55-25)38(68)58-27(9-3-5-13-46)37(67)59-29(42(72)73)11-7-15-53-43(50)51/h11,19,22-24,26-28,30-32,34,63H,2-10,12-18,20-21,45-49H2,1H3,(H,52,55)(H,54,65)(H,56,70)(H,57,64)(H,58,68)(H,59,67)(H,60,69)(H,61,66)(H,72,73)(H4,50,51,53)/b29-11-/t23?,24-,26?,27-,28+,30?,31-,32?,34+/m0/s1. The van der Waals surface area contributed by atoms with Gasteiger partial charge in [0.25, 0.3) is 0 Å². The topological polar surface area (TPSA) is 505 Å². The van der Waals surface area contributed by atoms with Gasteiger partial charge in [-0.2, -0.15) is 0 Å². The summed E-state index contributed by atoms with van der Waals surface area (Å²) in [6.07, 6.45) is 2.13. The second-order valence-electron chi connectivity index (χ2n) is 17.2. The van der Waals surface area contributed by atoms with Crippen molar-refractivity contribution in [3.8, 4) is 0 Å². The van der Waals surface area contributed by atoms with Crippen molar-refractivity contribution >= 4 is 59.2 Å². The number of hydrogen-bond donors (Lipinski definition) is 17. The number of aliphatic imine (C=N–C) groups is 1. The van der Waals surface area contributed by atoms with E-state index in [1.165, 1.54) is 25.5 Å². The molecule has 4 unspecified atom stereocenters. The van der Waals surface area contributed by atoms with Crippen LogP contribution >= 0.6 is 0 Å². The van der Waals surface area contributed by atoms with Crippen molar-refractivity contribution in [1.82, 2.24) is 52.1 Å². The number of carboxylic acids is 1. The molecule has 2 rings (SSSR count). The summed E-state index contributed by atoms with van der Waals surface area (Å²) in [6.45, 7) is 0.225. The van der Waals surface area contributed by atoms with E-state index < -0.39 is 140 Å². The van der Waals surface area contributed by atoms with E-state index in [0.717, 1.165) is 4.90 Å². The lowest BCUT2D eigenvalue weighted by atomic mass is 10.1.